The lowest BCUT2D eigenvalue weighted by molar-refractivity contribution is -0.120. The van der Waals surface area contributed by atoms with Crippen LogP contribution in [0.1, 0.15) is 23.6 Å². The molecule has 0 bridgehead atoms. The van der Waals surface area contributed by atoms with Crippen molar-refractivity contribution in [3.63, 3.8) is 0 Å². The number of aryl methyl sites for hydroxylation is 3. The van der Waals surface area contributed by atoms with Gasteiger partial charge in [-0.05, 0) is 50.1 Å². The lowest BCUT2D eigenvalue weighted by Gasteiger charge is -2.23. The number of benzene rings is 2. The average Bonchev–Trinajstić information content (AvgIpc) is 2.50. The zero-order valence-corrected chi connectivity index (χ0v) is 15.1. The molecule has 1 N–H and O–H groups in total. The molecule has 0 heterocycles. The molecule has 2 rings (SSSR count). The van der Waals surface area contributed by atoms with Gasteiger partial charge in [0, 0.05) is 23.3 Å². The molecule has 0 fully saturated rings. The van der Waals surface area contributed by atoms with E-state index in [-0.39, 0.29) is 18.4 Å². The van der Waals surface area contributed by atoms with Crippen molar-refractivity contribution in [3.8, 4) is 0 Å². The lowest BCUT2D eigenvalue weighted by atomic mass is 10.1. The van der Waals surface area contributed by atoms with E-state index in [4.69, 9.17) is 11.6 Å². The van der Waals surface area contributed by atoms with E-state index in [0.29, 0.717) is 10.7 Å². The first kappa shape index (κ1) is 18.0. The number of hydrogen-bond acceptors (Lipinski definition) is 2. The Morgan fingerprint density at radius 3 is 2.38 bits per heavy atom. The van der Waals surface area contributed by atoms with E-state index in [1.165, 1.54) is 11.8 Å². The monoisotopic (exact) mass is 344 g/mol. The number of carbonyl (C=O) groups excluding carboxylic acids is 2. The van der Waals surface area contributed by atoms with Crippen LogP contribution in [0.2, 0.25) is 5.02 Å². The molecule has 4 nitrogen and oxygen atoms in total. The Morgan fingerprint density at radius 2 is 1.75 bits per heavy atom. The van der Waals surface area contributed by atoms with Crippen LogP contribution in [0, 0.1) is 20.8 Å². The number of carbonyl (C=O) groups is 2. The molecule has 2 aromatic carbocycles. The molecule has 0 saturated carbocycles. The molecule has 0 aromatic heterocycles. The molecule has 5 heteroatoms. The highest BCUT2D eigenvalue weighted by Gasteiger charge is 2.18. The topological polar surface area (TPSA) is 49.4 Å². The van der Waals surface area contributed by atoms with Gasteiger partial charge in [-0.15, -0.1) is 0 Å². The van der Waals surface area contributed by atoms with Crippen LogP contribution in [0.25, 0.3) is 0 Å². The minimum atomic E-state index is -0.253. The van der Waals surface area contributed by atoms with Crippen molar-refractivity contribution in [2.45, 2.75) is 27.7 Å². The maximum Gasteiger partial charge on any atom is 0.244 e. The standard InChI is InChI=1S/C19H21ClN2O2/c1-12-5-8-17(14(3)9-12)21-19(24)11-22(15(4)23)18-10-16(20)7-6-13(18)2/h5-10H,11H2,1-4H3,(H,21,24). The first-order chi connectivity index (χ1) is 11.3. The molecule has 126 valence electrons. The smallest absolute Gasteiger partial charge is 0.244 e. The molecule has 24 heavy (non-hydrogen) atoms. The van der Waals surface area contributed by atoms with Gasteiger partial charge in [-0.25, -0.2) is 0 Å². The second-order valence-corrected chi connectivity index (χ2v) is 6.34. The van der Waals surface area contributed by atoms with E-state index >= 15 is 0 Å². The zero-order valence-electron chi connectivity index (χ0n) is 14.3. The van der Waals surface area contributed by atoms with Crippen molar-refractivity contribution < 1.29 is 9.59 Å². The Balaban J connectivity index is 2.20. The molecule has 0 atom stereocenters. The number of nitrogens with zero attached hydrogens (tertiary/aromatic N) is 1. The molecule has 0 unspecified atom stereocenters. The molecular weight excluding hydrogens is 324 g/mol. The summed E-state index contributed by atoms with van der Waals surface area (Å²) in [7, 11) is 0. The third-order valence-corrected chi connectivity index (χ3v) is 4.03. The van der Waals surface area contributed by atoms with E-state index in [1.54, 1.807) is 12.1 Å². The van der Waals surface area contributed by atoms with Crippen molar-refractivity contribution in [3.05, 3.63) is 58.1 Å². The van der Waals surface area contributed by atoms with Crippen LogP contribution < -0.4 is 10.2 Å². The molecule has 0 radical (unpaired) electrons. The fraction of sp³-hybridized carbons (Fsp3) is 0.263. The number of amides is 2. The maximum atomic E-state index is 12.4. The zero-order chi connectivity index (χ0) is 17.9. The molecule has 0 aliphatic rings. The van der Waals surface area contributed by atoms with Gasteiger partial charge in [0.15, 0.2) is 0 Å². The van der Waals surface area contributed by atoms with E-state index in [2.05, 4.69) is 5.32 Å². The summed E-state index contributed by atoms with van der Waals surface area (Å²) in [5.41, 5.74) is 4.39. The highest BCUT2D eigenvalue weighted by molar-refractivity contribution is 6.31. The second kappa shape index (κ2) is 7.49. The van der Waals surface area contributed by atoms with E-state index in [1.807, 2.05) is 45.0 Å². The first-order valence-electron chi connectivity index (χ1n) is 7.69. The minimum absolute atomic E-state index is 0.0656. The van der Waals surface area contributed by atoms with Crippen LogP contribution in [0.3, 0.4) is 0 Å². The minimum Gasteiger partial charge on any atom is -0.324 e. The summed E-state index contributed by atoms with van der Waals surface area (Å²) in [6.45, 7) is 7.18. The number of anilines is 2. The van der Waals surface area contributed by atoms with Gasteiger partial charge in [0.25, 0.3) is 0 Å². The lowest BCUT2D eigenvalue weighted by Crippen LogP contribution is -2.37. The predicted molar refractivity (Wildman–Crippen MR) is 98.8 cm³/mol. The van der Waals surface area contributed by atoms with Crippen molar-refractivity contribution in [1.82, 2.24) is 0 Å². The molecule has 0 spiro atoms. The Kier molecular flexibility index (Phi) is 5.62. The Hall–Kier alpha value is -2.33. The average molecular weight is 345 g/mol. The molecule has 0 saturated heterocycles. The third kappa shape index (κ3) is 4.36. The van der Waals surface area contributed by atoms with E-state index in [9.17, 15) is 9.59 Å². The maximum absolute atomic E-state index is 12.4. The summed E-state index contributed by atoms with van der Waals surface area (Å²) >= 11 is 6.03. The molecule has 0 aliphatic heterocycles. The predicted octanol–water partition coefficient (Wildman–Crippen LogP) is 4.26. The molecule has 0 aliphatic carbocycles. The highest BCUT2D eigenvalue weighted by Crippen LogP contribution is 2.25. The fourth-order valence-corrected chi connectivity index (χ4v) is 2.69. The Morgan fingerprint density at radius 1 is 1.04 bits per heavy atom. The van der Waals surface area contributed by atoms with Crippen LogP contribution in [0.4, 0.5) is 11.4 Å². The SMILES string of the molecule is CC(=O)N(CC(=O)Nc1ccc(C)cc1C)c1cc(Cl)ccc1C. The van der Waals surface area contributed by atoms with Crippen LogP contribution in [-0.4, -0.2) is 18.4 Å². The molecule has 2 amide bonds. The van der Waals surface area contributed by atoms with E-state index in [0.717, 1.165) is 22.4 Å². The van der Waals surface area contributed by atoms with Crippen LogP contribution in [-0.2, 0) is 9.59 Å². The summed E-state index contributed by atoms with van der Waals surface area (Å²) in [6.07, 6.45) is 0. The van der Waals surface area contributed by atoms with Gasteiger partial charge < -0.3 is 10.2 Å². The van der Waals surface area contributed by atoms with Crippen molar-refractivity contribution >= 4 is 34.8 Å². The quantitative estimate of drug-likeness (QED) is 0.901. The van der Waals surface area contributed by atoms with Gasteiger partial charge in [0.1, 0.15) is 6.54 Å². The van der Waals surface area contributed by atoms with Crippen LogP contribution >= 0.6 is 11.6 Å². The first-order valence-corrected chi connectivity index (χ1v) is 8.07. The second-order valence-electron chi connectivity index (χ2n) is 5.90. The van der Waals surface area contributed by atoms with Crippen LogP contribution in [0.15, 0.2) is 36.4 Å². The van der Waals surface area contributed by atoms with E-state index < -0.39 is 0 Å². The van der Waals surface area contributed by atoms with Gasteiger partial charge in [-0.2, -0.15) is 0 Å². The summed E-state index contributed by atoms with van der Waals surface area (Å²) in [6, 6.07) is 11.1. The molecular formula is C19H21ClN2O2. The fourth-order valence-electron chi connectivity index (χ4n) is 2.53. The van der Waals surface area contributed by atoms with Gasteiger partial charge in [0.2, 0.25) is 11.8 Å². The summed E-state index contributed by atoms with van der Waals surface area (Å²) < 4.78 is 0. The number of rotatable bonds is 4. The molecule has 2 aromatic rings. The van der Waals surface area contributed by atoms with Crippen LogP contribution in [0.5, 0.6) is 0 Å². The number of hydrogen-bond donors (Lipinski definition) is 1. The van der Waals surface area contributed by atoms with Crippen molar-refractivity contribution in [2.24, 2.45) is 0 Å². The normalized spacial score (nSPS) is 10.4. The summed E-state index contributed by atoms with van der Waals surface area (Å²) in [5.74, 6) is -0.465. The summed E-state index contributed by atoms with van der Waals surface area (Å²) in [4.78, 5) is 25.8. The third-order valence-electron chi connectivity index (χ3n) is 3.80. The van der Waals surface area contributed by atoms with Crippen molar-refractivity contribution in [2.75, 3.05) is 16.8 Å². The number of halogens is 1. The highest BCUT2D eigenvalue weighted by atomic mass is 35.5. The van der Waals surface area contributed by atoms with Gasteiger partial charge in [-0.1, -0.05) is 35.4 Å². The Labute approximate surface area is 147 Å². The van der Waals surface area contributed by atoms with Gasteiger partial charge in [0.05, 0.1) is 0 Å². The number of nitrogens with one attached hydrogen (secondary N) is 1. The van der Waals surface area contributed by atoms with Crippen molar-refractivity contribution in [1.29, 1.82) is 0 Å². The van der Waals surface area contributed by atoms with Gasteiger partial charge in [-0.3, -0.25) is 9.59 Å². The largest absolute Gasteiger partial charge is 0.324 e. The van der Waals surface area contributed by atoms with Gasteiger partial charge >= 0.3 is 0 Å². The summed E-state index contributed by atoms with van der Waals surface area (Å²) in [5, 5.41) is 3.39. The Bertz CT molecular complexity index is 787.